The van der Waals surface area contributed by atoms with Crippen LogP contribution in [0.3, 0.4) is 0 Å². The summed E-state index contributed by atoms with van der Waals surface area (Å²) in [5.41, 5.74) is 10.1. The first-order valence-electron chi connectivity index (χ1n) is 11.8. The molecule has 0 atom stereocenters. The van der Waals surface area contributed by atoms with Crippen molar-refractivity contribution in [3.05, 3.63) is 60.2 Å². The van der Waals surface area contributed by atoms with Gasteiger partial charge < -0.3 is 15.4 Å². The first kappa shape index (κ1) is 23.5. The highest BCUT2D eigenvalue weighted by molar-refractivity contribution is 5.96. The van der Waals surface area contributed by atoms with Crippen LogP contribution in [0.15, 0.2) is 48.9 Å². The summed E-state index contributed by atoms with van der Waals surface area (Å²) >= 11 is 0. The number of primary amides is 1. The van der Waals surface area contributed by atoms with E-state index in [1.54, 1.807) is 23.5 Å². The lowest BCUT2D eigenvalue weighted by atomic mass is 9.92. The van der Waals surface area contributed by atoms with Crippen LogP contribution in [0.5, 0.6) is 0 Å². The average molecular weight is 488 g/mol. The van der Waals surface area contributed by atoms with Crippen LogP contribution in [-0.2, 0) is 16.1 Å². The number of nitrogens with zero attached hydrogens (tertiary/aromatic N) is 6. The number of aromatic nitrogens is 5. The zero-order valence-electron chi connectivity index (χ0n) is 20.8. The Labute approximate surface area is 208 Å². The van der Waals surface area contributed by atoms with Gasteiger partial charge in [-0.05, 0) is 51.5 Å². The van der Waals surface area contributed by atoms with Gasteiger partial charge in [-0.15, -0.1) is 0 Å². The summed E-state index contributed by atoms with van der Waals surface area (Å²) in [5.74, 6) is -0.440. The smallest absolute Gasteiger partial charge is 0.410 e. The molecular weight excluding hydrogens is 458 g/mol. The molecule has 1 aromatic carbocycles. The van der Waals surface area contributed by atoms with E-state index in [4.69, 9.17) is 15.6 Å². The van der Waals surface area contributed by atoms with Crippen molar-refractivity contribution in [2.45, 2.75) is 45.8 Å². The van der Waals surface area contributed by atoms with Crippen LogP contribution in [0, 0.1) is 6.92 Å². The Morgan fingerprint density at radius 2 is 1.86 bits per heavy atom. The first-order valence-corrected chi connectivity index (χ1v) is 11.8. The Morgan fingerprint density at radius 1 is 1.14 bits per heavy atom. The number of fused-ring (bicyclic) bond motifs is 1. The summed E-state index contributed by atoms with van der Waals surface area (Å²) in [7, 11) is 0. The van der Waals surface area contributed by atoms with Gasteiger partial charge in [0, 0.05) is 37.0 Å². The van der Waals surface area contributed by atoms with Crippen LogP contribution in [0.1, 0.15) is 37.9 Å². The number of likely N-dealkylation sites (tertiary alicyclic amines) is 1. The van der Waals surface area contributed by atoms with Gasteiger partial charge in [0.05, 0.1) is 23.0 Å². The van der Waals surface area contributed by atoms with E-state index in [9.17, 15) is 9.59 Å². The molecule has 1 aliphatic heterocycles. The maximum absolute atomic E-state index is 12.5. The molecule has 0 unspecified atom stereocenters. The minimum Gasteiger partial charge on any atom is -0.444 e. The van der Waals surface area contributed by atoms with Gasteiger partial charge in [-0.3, -0.25) is 9.48 Å². The molecule has 0 spiro atoms. The van der Waals surface area contributed by atoms with Crippen molar-refractivity contribution < 1.29 is 14.3 Å². The lowest BCUT2D eigenvalue weighted by Crippen LogP contribution is -2.50. The second-order valence-electron chi connectivity index (χ2n) is 10.2. The molecular formula is C26H29N7O3. The maximum Gasteiger partial charge on any atom is 0.410 e. The summed E-state index contributed by atoms with van der Waals surface area (Å²) in [4.78, 5) is 30.3. The average Bonchev–Trinajstić information content (AvgIpc) is 3.37. The van der Waals surface area contributed by atoms with Crippen LogP contribution in [0.4, 0.5) is 4.79 Å². The van der Waals surface area contributed by atoms with Crippen LogP contribution in [0.2, 0.25) is 0 Å². The molecule has 1 aliphatic rings. The first-order chi connectivity index (χ1) is 17.1. The largest absolute Gasteiger partial charge is 0.444 e. The number of hydrogen-bond acceptors (Lipinski definition) is 6. The van der Waals surface area contributed by atoms with Crippen LogP contribution >= 0.6 is 0 Å². The minimum absolute atomic E-state index is 0.00279. The van der Waals surface area contributed by atoms with E-state index in [0.717, 1.165) is 33.5 Å². The van der Waals surface area contributed by atoms with Crippen LogP contribution in [-0.4, -0.2) is 60.1 Å². The highest BCUT2D eigenvalue weighted by atomic mass is 16.6. The predicted octanol–water partition coefficient (Wildman–Crippen LogP) is 3.41. The van der Waals surface area contributed by atoms with Gasteiger partial charge in [0.25, 0.3) is 0 Å². The minimum atomic E-state index is -0.552. The van der Waals surface area contributed by atoms with Crippen molar-refractivity contribution in [2.75, 3.05) is 13.1 Å². The zero-order chi connectivity index (χ0) is 25.6. The third-order valence-electron chi connectivity index (χ3n) is 6.06. The van der Waals surface area contributed by atoms with E-state index < -0.39 is 11.5 Å². The third kappa shape index (κ3) is 4.53. The summed E-state index contributed by atoms with van der Waals surface area (Å²) in [6.45, 7) is 8.61. The van der Waals surface area contributed by atoms with Gasteiger partial charge in [-0.25, -0.2) is 14.5 Å². The number of benzene rings is 1. The fraction of sp³-hybridized carbons (Fsp3) is 0.346. The second kappa shape index (κ2) is 8.78. The fourth-order valence-electron chi connectivity index (χ4n) is 4.34. The van der Waals surface area contributed by atoms with E-state index in [0.29, 0.717) is 18.7 Å². The number of carbonyl (C=O) groups is 2. The van der Waals surface area contributed by atoms with Crippen molar-refractivity contribution >= 4 is 23.0 Å². The number of hydrogen-bond donors (Lipinski definition) is 1. The quantitative estimate of drug-likeness (QED) is 0.460. The highest BCUT2D eigenvalue weighted by Gasteiger charge is 2.38. The topological polar surface area (TPSA) is 121 Å². The molecule has 0 bridgehead atoms. The van der Waals surface area contributed by atoms with Gasteiger partial charge in [-0.1, -0.05) is 17.7 Å². The van der Waals surface area contributed by atoms with Crippen molar-refractivity contribution in [3.8, 4) is 16.8 Å². The Bertz CT molecular complexity index is 1440. The van der Waals surface area contributed by atoms with E-state index in [-0.39, 0.29) is 18.6 Å². The Balaban J connectivity index is 1.57. The zero-order valence-corrected chi connectivity index (χ0v) is 20.8. The number of aryl methyl sites for hydroxylation is 1. The number of amides is 2. The van der Waals surface area contributed by atoms with Crippen molar-refractivity contribution in [2.24, 2.45) is 5.73 Å². The number of rotatable bonds is 5. The predicted molar refractivity (Wildman–Crippen MR) is 135 cm³/mol. The maximum atomic E-state index is 12.5. The monoisotopic (exact) mass is 487 g/mol. The molecule has 186 valence electrons. The number of carbonyl (C=O) groups excluding carboxylic acids is 2. The van der Waals surface area contributed by atoms with Crippen LogP contribution in [0.25, 0.3) is 27.8 Å². The highest BCUT2D eigenvalue weighted by Crippen LogP contribution is 2.38. The van der Waals surface area contributed by atoms with Crippen molar-refractivity contribution in [1.29, 1.82) is 0 Å². The normalized spacial score (nSPS) is 14.2. The van der Waals surface area contributed by atoms with E-state index >= 15 is 0 Å². The summed E-state index contributed by atoms with van der Waals surface area (Å²) in [6.07, 6.45) is 4.92. The molecule has 0 saturated carbocycles. The molecule has 4 heterocycles. The molecule has 0 aliphatic carbocycles. The third-order valence-corrected chi connectivity index (χ3v) is 6.06. The molecule has 36 heavy (non-hydrogen) atoms. The summed E-state index contributed by atoms with van der Waals surface area (Å²) < 4.78 is 8.89. The molecule has 1 fully saturated rings. The van der Waals surface area contributed by atoms with Gasteiger partial charge in [-0.2, -0.15) is 10.2 Å². The molecule has 2 N–H and O–H groups in total. The van der Waals surface area contributed by atoms with Crippen molar-refractivity contribution in [1.82, 2.24) is 29.4 Å². The number of nitrogens with two attached hydrogens (primary N) is 1. The van der Waals surface area contributed by atoms with E-state index in [2.05, 4.69) is 10.1 Å². The molecule has 3 aromatic heterocycles. The van der Waals surface area contributed by atoms with Gasteiger partial charge in [0.2, 0.25) is 5.91 Å². The molecule has 10 heteroatoms. The lowest BCUT2D eigenvalue weighted by Gasteiger charge is -2.39. The molecule has 4 aromatic rings. The molecule has 10 nitrogen and oxygen atoms in total. The second-order valence-corrected chi connectivity index (χ2v) is 10.2. The van der Waals surface area contributed by atoms with Gasteiger partial charge >= 0.3 is 6.09 Å². The van der Waals surface area contributed by atoms with Crippen LogP contribution < -0.4 is 5.73 Å². The molecule has 5 rings (SSSR count). The van der Waals surface area contributed by atoms with Crippen molar-refractivity contribution in [3.63, 3.8) is 0 Å². The molecule has 0 radical (unpaired) electrons. The molecule has 2 amide bonds. The standard InChI is InChI=1S/C26H29N7O3/c1-16-5-7-19(8-6-16)33-24-22(20(9-10-28-24)17-11-29-32(14-17)15-21(27)34)23(30-33)18-12-31(13-18)25(35)36-26(2,3)4/h5-11,14,18H,12-13,15H2,1-4H3,(H2,27,34). The molecule has 1 saturated heterocycles. The SMILES string of the molecule is Cc1ccc(-n2nc(C3CN(C(=O)OC(C)(C)C)C3)c3c(-c4cnn(CC(N)=O)c4)ccnc32)cc1. The Hall–Kier alpha value is -4.21. The van der Waals surface area contributed by atoms with Gasteiger partial charge in [0.15, 0.2) is 5.65 Å². The summed E-state index contributed by atoms with van der Waals surface area (Å²) in [6, 6.07) is 10.0. The number of ether oxygens (including phenoxy) is 1. The van der Waals surface area contributed by atoms with E-state index in [1.165, 1.54) is 4.68 Å². The fourth-order valence-corrected chi connectivity index (χ4v) is 4.34. The lowest BCUT2D eigenvalue weighted by molar-refractivity contribution is -0.118. The Kier molecular flexibility index (Phi) is 5.74. The summed E-state index contributed by atoms with van der Waals surface area (Å²) in [5, 5.41) is 10.2. The van der Waals surface area contributed by atoms with Gasteiger partial charge in [0.1, 0.15) is 12.1 Å². The Morgan fingerprint density at radius 3 is 2.53 bits per heavy atom. The number of pyridine rings is 1. The van der Waals surface area contributed by atoms with E-state index in [1.807, 2.05) is 62.7 Å².